The van der Waals surface area contributed by atoms with E-state index in [1.165, 1.54) is 32.1 Å². The van der Waals surface area contributed by atoms with Crippen LogP contribution in [0.2, 0.25) is 0 Å². The molecule has 14 heavy (non-hydrogen) atoms. The Kier molecular flexibility index (Phi) is 2.85. The molecule has 0 aromatic heterocycles. The molecule has 0 unspecified atom stereocenters. The maximum absolute atomic E-state index is 9.48. The second kappa shape index (κ2) is 3.82. The Morgan fingerprint density at radius 3 is 2.14 bits per heavy atom. The van der Waals surface area contributed by atoms with Crippen molar-refractivity contribution in [3.8, 4) is 0 Å². The lowest BCUT2D eigenvalue weighted by molar-refractivity contribution is 0.0374. The lowest BCUT2D eigenvalue weighted by Crippen LogP contribution is -2.52. The van der Waals surface area contributed by atoms with Gasteiger partial charge >= 0.3 is 0 Å². The third-order valence-corrected chi connectivity index (χ3v) is 4.03. The molecule has 0 amide bonds. The van der Waals surface area contributed by atoms with E-state index in [1.807, 2.05) is 0 Å². The van der Waals surface area contributed by atoms with Crippen LogP contribution in [0, 0.1) is 5.41 Å². The zero-order valence-corrected chi connectivity index (χ0v) is 9.42. The minimum absolute atomic E-state index is 0.0649. The van der Waals surface area contributed by atoms with Gasteiger partial charge in [0.1, 0.15) is 0 Å². The molecular formula is C12H23NO. The van der Waals surface area contributed by atoms with Gasteiger partial charge in [-0.3, -0.25) is 0 Å². The number of aliphatic hydroxyl groups excluding tert-OH is 1. The third kappa shape index (κ3) is 2.29. The molecule has 0 spiro atoms. The molecule has 2 heteroatoms. The molecule has 2 saturated carbocycles. The van der Waals surface area contributed by atoms with Crippen LogP contribution in [0.25, 0.3) is 0 Å². The molecule has 2 aliphatic rings. The Bertz CT molecular complexity index is 192. The fraction of sp³-hybridized carbons (Fsp3) is 1.00. The molecule has 2 nitrogen and oxygen atoms in total. The minimum Gasteiger partial charge on any atom is -0.392 e. The van der Waals surface area contributed by atoms with Gasteiger partial charge in [-0.2, -0.15) is 0 Å². The highest BCUT2D eigenvalue weighted by Crippen LogP contribution is 2.35. The standard InChI is InChI=1S/C12H23NO/c1-12(2)7-5-9(6-8-12)13-10-3-4-11(10)14/h9-11,13-14H,3-8H2,1-2H3/t10-,11-/m1/s1. The summed E-state index contributed by atoms with van der Waals surface area (Å²) in [5.41, 5.74) is 0.552. The summed E-state index contributed by atoms with van der Waals surface area (Å²) < 4.78 is 0. The van der Waals surface area contributed by atoms with Crippen LogP contribution in [-0.4, -0.2) is 23.3 Å². The van der Waals surface area contributed by atoms with Gasteiger partial charge in [0.25, 0.3) is 0 Å². The van der Waals surface area contributed by atoms with Crippen LogP contribution in [0.4, 0.5) is 0 Å². The van der Waals surface area contributed by atoms with E-state index < -0.39 is 0 Å². The molecule has 2 atom stereocenters. The van der Waals surface area contributed by atoms with Crippen molar-refractivity contribution in [2.24, 2.45) is 5.41 Å². The molecule has 0 bridgehead atoms. The van der Waals surface area contributed by atoms with Gasteiger partial charge in [0.2, 0.25) is 0 Å². The Morgan fingerprint density at radius 2 is 1.71 bits per heavy atom. The summed E-state index contributed by atoms with van der Waals surface area (Å²) in [4.78, 5) is 0. The molecule has 0 heterocycles. The Balaban J connectivity index is 1.73. The summed E-state index contributed by atoms with van der Waals surface area (Å²) in [5, 5.41) is 13.1. The average Bonchev–Trinajstić information content (AvgIpc) is 2.14. The van der Waals surface area contributed by atoms with Gasteiger partial charge in [-0.1, -0.05) is 13.8 Å². The molecule has 0 radical (unpaired) electrons. The molecule has 2 rings (SSSR count). The van der Waals surface area contributed by atoms with E-state index in [-0.39, 0.29) is 6.10 Å². The first-order valence-corrected chi connectivity index (χ1v) is 6.01. The van der Waals surface area contributed by atoms with Crippen LogP contribution in [0.5, 0.6) is 0 Å². The number of hydrogen-bond acceptors (Lipinski definition) is 2. The summed E-state index contributed by atoms with van der Waals surface area (Å²) in [6.45, 7) is 4.73. The highest BCUT2D eigenvalue weighted by molar-refractivity contribution is 4.91. The first-order chi connectivity index (χ1) is 6.57. The summed E-state index contributed by atoms with van der Waals surface area (Å²) in [6.07, 6.45) is 7.33. The average molecular weight is 197 g/mol. The van der Waals surface area contributed by atoms with E-state index in [0.29, 0.717) is 17.5 Å². The first-order valence-electron chi connectivity index (χ1n) is 6.01. The maximum atomic E-state index is 9.48. The van der Waals surface area contributed by atoms with Crippen molar-refractivity contribution < 1.29 is 5.11 Å². The van der Waals surface area contributed by atoms with E-state index in [0.717, 1.165) is 6.42 Å². The highest BCUT2D eigenvalue weighted by atomic mass is 16.3. The Morgan fingerprint density at radius 1 is 1.07 bits per heavy atom. The largest absolute Gasteiger partial charge is 0.392 e. The Hall–Kier alpha value is -0.0800. The Labute approximate surface area is 87.1 Å². The van der Waals surface area contributed by atoms with Crippen LogP contribution in [0.15, 0.2) is 0 Å². The van der Waals surface area contributed by atoms with Crippen LogP contribution in [0.3, 0.4) is 0 Å². The zero-order valence-electron chi connectivity index (χ0n) is 9.42. The van der Waals surface area contributed by atoms with Crippen molar-refractivity contribution in [3.05, 3.63) is 0 Å². The first kappa shape index (κ1) is 10.4. The molecule has 2 aliphatic carbocycles. The van der Waals surface area contributed by atoms with Crippen molar-refractivity contribution in [3.63, 3.8) is 0 Å². The SMILES string of the molecule is CC1(C)CCC(N[C@@H]2CC[C@H]2O)CC1. The van der Waals surface area contributed by atoms with E-state index in [1.54, 1.807) is 0 Å². The summed E-state index contributed by atoms with van der Waals surface area (Å²) in [5.74, 6) is 0. The smallest absolute Gasteiger partial charge is 0.0693 e. The number of hydrogen-bond donors (Lipinski definition) is 2. The number of nitrogens with one attached hydrogen (secondary N) is 1. The fourth-order valence-electron chi connectivity index (χ4n) is 2.55. The van der Waals surface area contributed by atoms with Crippen LogP contribution >= 0.6 is 0 Å². The van der Waals surface area contributed by atoms with Gasteiger partial charge in [0.15, 0.2) is 0 Å². The summed E-state index contributed by atoms with van der Waals surface area (Å²) >= 11 is 0. The van der Waals surface area contributed by atoms with Crippen molar-refractivity contribution in [2.45, 2.75) is 70.6 Å². The minimum atomic E-state index is -0.0649. The van der Waals surface area contributed by atoms with E-state index in [4.69, 9.17) is 0 Å². The van der Waals surface area contributed by atoms with Crippen LogP contribution in [-0.2, 0) is 0 Å². The van der Waals surface area contributed by atoms with Crippen molar-refractivity contribution in [2.75, 3.05) is 0 Å². The second-order valence-electron chi connectivity index (χ2n) is 5.86. The molecular weight excluding hydrogens is 174 g/mol. The maximum Gasteiger partial charge on any atom is 0.0693 e. The number of rotatable bonds is 2. The van der Waals surface area contributed by atoms with E-state index in [2.05, 4.69) is 19.2 Å². The predicted octanol–water partition coefficient (Wildman–Crippen LogP) is 2.07. The van der Waals surface area contributed by atoms with Gasteiger partial charge in [-0.25, -0.2) is 0 Å². The van der Waals surface area contributed by atoms with Gasteiger partial charge in [-0.15, -0.1) is 0 Å². The highest BCUT2D eigenvalue weighted by Gasteiger charge is 2.33. The molecule has 0 aromatic rings. The zero-order chi connectivity index (χ0) is 10.2. The van der Waals surface area contributed by atoms with Crippen LogP contribution in [0.1, 0.15) is 52.4 Å². The van der Waals surface area contributed by atoms with Gasteiger partial charge in [-0.05, 0) is 43.9 Å². The normalized spacial score (nSPS) is 37.9. The van der Waals surface area contributed by atoms with E-state index >= 15 is 0 Å². The lowest BCUT2D eigenvalue weighted by atomic mass is 9.75. The van der Waals surface area contributed by atoms with Crippen molar-refractivity contribution in [1.82, 2.24) is 5.32 Å². The molecule has 0 aromatic carbocycles. The molecule has 2 N–H and O–H groups in total. The van der Waals surface area contributed by atoms with E-state index in [9.17, 15) is 5.11 Å². The second-order valence-corrected chi connectivity index (χ2v) is 5.86. The summed E-state index contributed by atoms with van der Waals surface area (Å²) in [6, 6.07) is 1.07. The number of aliphatic hydroxyl groups is 1. The predicted molar refractivity (Wildman–Crippen MR) is 58.2 cm³/mol. The quantitative estimate of drug-likeness (QED) is 0.710. The topological polar surface area (TPSA) is 32.3 Å². The van der Waals surface area contributed by atoms with Gasteiger partial charge in [0, 0.05) is 12.1 Å². The fourth-order valence-corrected chi connectivity index (χ4v) is 2.55. The molecule has 0 aliphatic heterocycles. The monoisotopic (exact) mass is 197 g/mol. The van der Waals surface area contributed by atoms with Crippen molar-refractivity contribution >= 4 is 0 Å². The lowest BCUT2D eigenvalue weighted by Gasteiger charge is -2.40. The van der Waals surface area contributed by atoms with Crippen LogP contribution < -0.4 is 5.32 Å². The molecule has 2 fully saturated rings. The molecule has 0 saturated heterocycles. The molecule has 82 valence electrons. The summed E-state index contributed by atoms with van der Waals surface area (Å²) in [7, 11) is 0. The van der Waals surface area contributed by atoms with Gasteiger partial charge < -0.3 is 10.4 Å². The van der Waals surface area contributed by atoms with Gasteiger partial charge in [0.05, 0.1) is 6.10 Å². The van der Waals surface area contributed by atoms with Crippen molar-refractivity contribution in [1.29, 1.82) is 0 Å². The third-order valence-electron chi connectivity index (χ3n) is 4.03.